The number of H-pyrrole nitrogens is 1. The monoisotopic (exact) mass is 414 g/mol. The number of nitrogens with zero attached hydrogens (tertiary/aromatic N) is 3. The minimum Gasteiger partial charge on any atom is -0.360 e. The number of aromatic amines is 1. The molecule has 2 aromatic heterocycles. The van der Waals surface area contributed by atoms with E-state index in [1.54, 1.807) is 12.3 Å². The van der Waals surface area contributed by atoms with Gasteiger partial charge in [0.15, 0.2) is 0 Å². The molecule has 150 valence electrons. The highest BCUT2D eigenvalue weighted by molar-refractivity contribution is 7.89. The summed E-state index contributed by atoms with van der Waals surface area (Å²) in [7, 11) is -0.709. The maximum atomic E-state index is 12.5. The van der Waals surface area contributed by atoms with Crippen molar-refractivity contribution in [1.29, 1.82) is 0 Å². The molecule has 0 spiro atoms. The molecule has 0 saturated carbocycles. The molecule has 0 atom stereocenters. The van der Waals surface area contributed by atoms with Gasteiger partial charge in [-0.25, -0.2) is 12.7 Å². The first-order chi connectivity index (χ1) is 13.1. The van der Waals surface area contributed by atoms with Gasteiger partial charge in [0.2, 0.25) is 16.0 Å². The lowest BCUT2D eigenvalue weighted by Gasteiger charge is -2.13. The van der Waals surface area contributed by atoms with Crippen LogP contribution in [0.1, 0.15) is 0 Å². The molecule has 1 aromatic carbocycles. The van der Waals surface area contributed by atoms with E-state index in [1.165, 1.54) is 38.4 Å². The molecule has 0 aliphatic heterocycles. The zero-order chi connectivity index (χ0) is 20.5. The van der Waals surface area contributed by atoms with E-state index in [2.05, 4.69) is 25.6 Å². The van der Waals surface area contributed by atoms with Crippen molar-refractivity contribution in [3.05, 3.63) is 36.5 Å². The maximum absolute atomic E-state index is 12.5. The largest absolute Gasteiger partial charge is 0.405 e. The summed E-state index contributed by atoms with van der Waals surface area (Å²) in [4.78, 5) is 11.2. The molecule has 3 aromatic rings. The van der Waals surface area contributed by atoms with E-state index in [0.29, 0.717) is 16.7 Å². The van der Waals surface area contributed by atoms with Crippen LogP contribution in [0.4, 0.5) is 30.6 Å². The lowest BCUT2D eigenvalue weighted by atomic mass is 10.3. The molecule has 0 unspecified atom stereocenters. The van der Waals surface area contributed by atoms with Gasteiger partial charge in [0.05, 0.1) is 10.3 Å². The molecule has 3 N–H and O–H groups in total. The topological polar surface area (TPSA) is 103 Å². The second kappa shape index (κ2) is 7.28. The van der Waals surface area contributed by atoms with Crippen LogP contribution in [-0.4, -0.2) is 54.5 Å². The molecular formula is C16H17F3N6O2S. The Morgan fingerprint density at radius 1 is 1.11 bits per heavy atom. The fourth-order valence-corrected chi connectivity index (χ4v) is 3.27. The molecule has 8 nitrogen and oxygen atoms in total. The lowest BCUT2D eigenvalue weighted by Crippen LogP contribution is -2.22. The SMILES string of the molecule is CN(C)S(=O)(=O)c1ccc(Nc2nc(NCC(F)(F)F)c3cc[nH]c3n2)cc1. The van der Waals surface area contributed by atoms with Gasteiger partial charge in [-0.3, -0.25) is 0 Å². The van der Waals surface area contributed by atoms with Crippen LogP contribution >= 0.6 is 0 Å². The summed E-state index contributed by atoms with van der Waals surface area (Å²) in [6.45, 7) is -1.24. The van der Waals surface area contributed by atoms with Crippen LogP contribution in [-0.2, 0) is 10.0 Å². The number of hydrogen-bond donors (Lipinski definition) is 3. The number of fused-ring (bicyclic) bond motifs is 1. The van der Waals surface area contributed by atoms with E-state index in [4.69, 9.17) is 0 Å². The van der Waals surface area contributed by atoms with Crippen LogP contribution in [0, 0.1) is 0 Å². The van der Waals surface area contributed by atoms with Crippen molar-refractivity contribution < 1.29 is 21.6 Å². The van der Waals surface area contributed by atoms with Gasteiger partial charge in [0.1, 0.15) is 18.0 Å². The van der Waals surface area contributed by atoms with Gasteiger partial charge < -0.3 is 15.6 Å². The third-order valence-corrected chi connectivity index (χ3v) is 5.59. The normalized spacial score (nSPS) is 12.5. The van der Waals surface area contributed by atoms with Crippen molar-refractivity contribution in [1.82, 2.24) is 19.3 Å². The number of anilines is 3. The van der Waals surface area contributed by atoms with Gasteiger partial charge in [-0.2, -0.15) is 23.1 Å². The highest BCUT2D eigenvalue weighted by atomic mass is 32.2. The summed E-state index contributed by atoms with van der Waals surface area (Å²) >= 11 is 0. The number of rotatable bonds is 6. The molecule has 0 bridgehead atoms. The highest BCUT2D eigenvalue weighted by Gasteiger charge is 2.27. The molecule has 3 rings (SSSR count). The lowest BCUT2D eigenvalue weighted by molar-refractivity contribution is -0.115. The Morgan fingerprint density at radius 2 is 1.79 bits per heavy atom. The van der Waals surface area contributed by atoms with E-state index in [0.717, 1.165) is 4.31 Å². The van der Waals surface area contributed by atoms with Crippen molar-refractivity contribution in [3.63, 3.8) is 0 Å². The van der Waals surface area contributed by atoms with E-state index >= 15 is 0 Å². The molecule has 0 saturated heterocycles. The van der Waals surface area contributed by atoms with Gasteiger partial charge in [-0.15, -0.1) is 0 Å². The summed E-state index contributed by atoms with van der Waals surface area (Å²) < 4.78 is 62.8. The summed E-state index contributed by atoms with van der Waals surface area (Å²) in [6, 6.07) is 7.42. The van der Waals surface area contributed by atoms with Crippen LogP contribution in [0.25, 0.3) is 11.0 Å². The van der Waals surface area contributed by atoms with Crippen molar-refractivity contribution >= 4 is 38.5 Å². The number of sulfonamides is 1. The first kappa shape index (κ1) is 19.9. The number of hydrogen-bond acceptors (Lipinski definition) is 6. The predicted octanol–water partition coefficient (Wildman–Crippen LogP) is 2.93. The third-order valence-electron chi connectivity index (χ3n) is 3.76. The van der Waals surface area contributed by atoms with Crippen LogP contribution in [0.2, 0.25) is 0 Å². The van der Waals surface area contributed by atoms with E-state index in [9.17, 15) is 21.6 Å². The van der Waals surface area contributed by atoms with E-state index < -0.39 is 22.7 Å². The smallest absolute Gasteiger partial charge is 0.360 e. The average Bonchev–Trinajstić information content (AvgIpc) is 3.08. The number of benzene rings is 1. The van der Waals surface area contributed by atoms with Crippen molar-refractivity contribution in [2.75, 3.05) is 31.3 Å². The quantitative estimate of drug-likeness (QED) is 0.573. The maximum Gasteiger partial charge on any atom is 0.405 e. The molecule has 0 radical (unpaired) electrons. The zero-order valence-electron chi connectivity index (χ0n) is 14.9. The number of halogens is 3. The van der Waals surface area contributed by atoms with E-state index in [-0.39, 0.29) is 16.7 Å². The highest BCUT2D eigenvalue weighted by Crippen LogP contribution is 2.25. The second-order valence-corrected chi connectivity index (χ2v) is 8.19. The molecule has 12 heteroatoms. The Labute approximate surface area is 158 Å². The van der Waals surface area contributed by atoms with E-state index in [1.807, 2.05) is 0 Å². The Bertz CT molecular complexity index is 1080. The fraction of sp³-hybridized carbons (Fsp3) is 0.250. The number of nitrogens with one attached hydrogen (secondary N) is 3. The summed E-state index contributed by atoms with van der Waals surface area (Å²) in [5.74, 6) is 0.0840. The number of aromatic nitrogens is 3. The molecule has 0 amide bonds. The molecule has 0 aliphatic rings. The zero-order valence-corrected chi connectivity index (χ0v) is 15.7. The van der Waals surface area contributed by atoms with Gasteiger partial charge in [0, 0.05) is 26.0 Å². The minimum atomic E-state index is -4.39. The molecule has 2 heterocycles. The molecule has 0 fully saturated rings. The van der Waals surface area contributed by atoms with Crippen molar-refractivity contribution in [2.45, 2.75) is 11.1 Å². The van der Waals surface area contributed by atoms with Gasteiger partial charge in [-0.1, -0.05) is 0 Å². The van der Waals surface area contributed by atoms with Crippen LogP contribution < -0.4 is 10.6 Å². The molecule has 0 aliphatic carbocycles. The molecule has 28 heavy (non-hydrogen) atoms. The first-order valence-corrected chi connectivity index (χ1v) is 9.46. The van der Waals surface area contributed by atoms with Gasteiger partial charge in [0.25, 0.3) is 0 Å². The third kappa shape index (κ3) is 4.34. The van der Waals surface area contributed by atoms with Crippen molar-refractivity contribution in [3.8, 4) is 0 Å². The summed E-state index contributed by atoms with van der Waals surface area (Å²) in [5, 5.41) is 5.54. The Kier molecular flexibility index (Phi) is 5.17. The second-order valence-electron chi connectivity index (χ2n) is 6.04. The van der Waals surface area contributed by atoms with Crippen molar-refractivity contribution in [2.24, 2.45) is 0 Å². The van der Waals surface area contributed by atoms with Crippen LogP contribution in [0.5, 0.6) is 0 Å². The first-order valence-electron chi connectivity index (χ1n) is 8.01. The average molecular weight is 414 g/mol. The van der Waals surface area contributed by atoms with Crippen LogP contribution in [0.3, 0.4) is 0 Å². The number of alkyl halides is 3. The summed E-state index contributed by atoms with van der Waals surface area (Å²) in [5.41, 5.74) is 0.833. The minimum absolute atomic E-state index is 0.0258. The van der Waals surface area contributed by atoms with Crippen LogP contribution in [0.15, 0.2) is 41.4 Å². The Hall–Kier alpha value is -2.86. The fourth-order valence-electron chi connectivity index (χ4n) is 2.37. The Balaban J connectivity index is 1.86. The molecular weight excluding hydrogens is 397 g/mol. The Morgan fingerprint density at radius 3 is 2.39 bits per heavy atom. The predicted molar refractivity (Wildman–Crippen MR) is 99.0 cm³/mol. The summed E-state index contributed by atoms with van der Waals surface area (Å²) in [6.07, 6.45) is -2.85. The van der Waals surface area contributed by atoms with Gasteiger partial charge in [-0.05, 0) is 30.3 Å². The van der Waals surface area contributed by atoms with Gasteiger partial charge >= 0.3 is 6.18 Å². The standard InChI is InChI=1S/C16H17F3N6O2S/c1-25(2)28(26,27)11-5-3-10(4-6-11)22-15-23-13-12(7-8-20-13)14(24-15)21-9-16(17,18)19/h3-8H,9H2,1-2H3,(H3,20,21,22,23,24).